The van der Waals surface area contributed by atoms with E-state index in [-0.39, 0.29) is 11.9 Å². The number of nitrogens with one attached hydrogen (secondary N) is 3. The Morgan fingerprint density at radius 1 is 1.06 bits per heavy atom. The van der Waals surface area contributed by atoms with Crippen molar-refractivity contribution < 1.29 is 9.59 Å². The molecule has 166 valence electrons. The fraction of sp³-hybridized carbons (Fsp3) is 0.440. The summed E-state index contributed by atoms with van der Waals surface area (Å²) in [6.07, 6.45) is 2.23. The molecule has 31 heavy (non-hydrogen) atoms. The highest BCUT2D eigenvalue weighted by atomic mass is 16.2. The topological polar surface area (TPSA) is 73.5 Å². The summed E-state index contributed by atoms with van der Waals surface area (Å²) in [7, 11) is 0. The van der Waals surface area contributed by atoms with Crippen LogP contribution in [-0.4, -0.2) is 31.6 Å². The Morgan fingerprint density at radius 2 is 1.77 bits per heavy atom. The molecule has 6 heteroatoms. The Morgan fingerprint density at radius 3 is 2.45 bits per heavy atom. The van der Waals surface area contributed by atoms with Crippen LogP contribution >= 0.6 is 0 Å². The Kier molecular flexibility index (Phi) is 7.55. The summed E-state index contributed by atoms with van der Waals surface area (Å²) in [6.45, 7) is 10.8. The first-order valence-electron chi connectivity index (χ1n) is 11.1. The summed E-state index contributed by atoms with van der Waals surface area (Å²) in [6, 6.07) is 12.9. The molecule has 1 aliphatic rings. The van der Waals surface area contributed by atoms with E-state index in [1.54, 1.807) is 6.07 Å². The van der Waals surface area contributed by atoms with Crippen molar-refractivity contribution >= 4 is 29.0 Å². The fourth-order valence-electron chi connectivity index (χ4n) is 3.71. The van der Waals surface area contributed by atoms with Crippen molar-refractivity contribution in [1.29, 1.82) is 0 Å². The molecule has 3 N–H and O–H groups in total. The molecule has 0 bridgehead atoms. The van der Waals surface area contributed by atoms with Crippen LogP contribution in [0.1, 0.15) is 49.5 Å². The van der Waals surface area contributed by atoms with Crippen LogP contribution < -0.4 is 20.9 Å². The normalized spacial score (nSPS) is 14.4. The zero-order chi connectivity index (χ0) is 22.4. The monoisotopic (exact) mass is 422 g/mol. The van der Waals surface area contributed by atoms with Crippen LogP contribution in [0.3, 0.4) is 0 Å². The van der Waals surface area contributed by atoms with E-state index >= 15 is 0 Å². The van der Waals surface area contributed by atoms with Crippen molar-refractivity contribution in [3.63, 3.8) is 0 Å². The third kappa shape index (κ3) is 6.23. The second-order valence-electron chi connectivity index (χ2n) is 8.90. The molecule has 3 rings (SSSR count). The number of amides is 3. The fourth-order valence-corrected chi connectivity index (χ4v) is 3.71. The van der Waals surface area contributed by atoms with E-state index in [0.29, 0.717) is 29.6 Å². The van der Waals surface area contributed by atoms with Crippen LogP contribution in [0.4, 0.5) is 21.9 Å². The van der Waals surface area contributed by atoms with Gasteiger partial charge in [-0.15, -0.1) is 0 Å². The standard InChI is InChI=1S/C25H34N4O2/c1-17(2)16-26-24(30)21-15-20(9-10-23(21)29-13-11-18(3)12-14-29)27-25(31)28-22-8-6-5-7-19(22)4/h5-10,15,17-18H,11-14,16H2,1-4H3,(H,26,30)(H2,27,28,31). The van der Waals surface area contributed by atoms with Crippen molar-refractivity contribution in [1.82, 2.24) is 5.32 Å². The third-order valence-corrected chi connectivity index (χ3v) is 5.69. The third-order valence-electron chi connectivity index (χ3n) is 5.69. The van der Waals surface area contributed by atoms with Crippen molar-refractivity contribution in [2.24, 2.45) is 11.8 Å². The predicted molar refractivity (Wildman–Crippen MR) is 128 cm³/mol. The number of urea groups is 1. The number of rotatable bonds is 6. The van der Waals surface area contributed by atoms with Gasteiger partial charge in [0.25, 0.3) is 5.91 Å². The lowest BCUT2D eigenvalue weighted by Crippen LogP contribution is -2.35. The van der Waals surface area contributed by atoms with Crippen molar-refractivity contribution in [3.8, 4) is 0 Å². The van der Waals surface area contributed by atoms with Gasteiger partial charge in [0.15, 0.2) is 0 Å². The van der Waals surface area contributed by atoms with E-state index in [1.165, 1.54) is 0 Å². The number of nitrogens with zero attached hydrogens (tertiary/aromatic N) is 1. The molecule has 0 saturated carbocycles. The number of benzene rings is 2. The molecule has 2 aromatic carbocycles. The molecule has 1 saturated heterocycles. The lowest BCUT2D eigenvalue weighted by Gasteiger charge is -2.33. The van der Waals surface area contributed by atoms with E-state index in [0.717, 1.165) is 42.9 Å². The Labute approximate surface area is 185 Å². The van der Waals surface area contributed by atoms with Gasteiger partial charge in [-0.05, 0) is 61.4 Å². The second-order valence-corrected chi connectivity index (χ2v) is 8.90. The minimum atomic E-state index is -0.331. The first-order valence-corrected chi connectivity index (χ1v) is 11.1. The number of hydrogen-bond donors (Lipinski definition) is 3. The van der Waals surface area contributed by atoms with Crippen LogP contribution in [0, 0.1) is 18.8 Å². The molecule has 0 spiro atoms. The molecule has 3 amide bonds. The molecule has 0 aliphatic carbocycles. The summed E-state index contributed by atoms with van der Waals surface area (Å²) in [5.41, 5.74) is 3.87. The summed E-state index contributed by atoms with van der Waals surface area (Å²) in [5, 5.41) is 8.76. The maximum absolute atomic E-state index is 13.0. The SMILES string of the molecule is Cc1ccccc1NC(=O)Nc1ccc(N2CCC(C)CC2)c(C(=O)NCC(C)C)c1. The largest absolute Gasteiger partial charge is 0.371 e. The Bertz CT molecular complexity index is 917. The van der Waals surface area contributed by atoms with Gasteiger partial charge in [0.1, 0.15) is 0 Å². The molecular weight excluding hydrogens is 388 g/mol. The molecule has 2 aromatic rings. The van der Waals surface area contributed by atoms with Gasteiger partial charge < -0.3 is 20.9 Å². The Balaban J connectivity index is 1.79. The van der Waals surface area contributed by atoms with Crippen LogP contribution in [-0.2, 0) is 0 Å². The highest BCUT2D eigenvalue weighted by molar-refractivity contribution is 6.04. The quantitative estimate of drug-likeness (QED) is 0.594. The summed E-state index contributed by atoms with van der Waals surface area (Å²) in [5.74, 6) is 0.968. The van der Waals surface area contributed by atoms with Crippen LogP contribution in [0.2, 0.25) is 0 Å². The maximum Gasteiger partial charge on any atom is 0.323 e. The minimum absolute atomic E-state index is 0.106. The Hall–Kier alpha value is -3.02. The molecule has 0 unspecified atom stereocenters. The molecule has 1 fully saturated rings. The van der Waals surface area contributed by atoms with E-state index < -0.39 is 0 Å². The van der Waals surface area contributed by atoms with E-state index in [9.17, 15) is 9.59 Å². The van der Waals surface area contributed by atoms with Crippen molar-refractivity contribution in [2.75, 3.05) is 35.2 Å². The highest BCUT2D eigenvalue weighted by Gasteiger charge is 2.22. The first-order chi connectivity index (χ1) is 14.8. The average molecular weight is 423 g/mol. The molecule has 0 aromatic heterocycles. The van der Waals surface area contributed by atoms with Gasteiger partial charge in [-0.2, -0.15) is 0 Å². The van der Waals surface area contributed by atoms with E-state index in [2.05, 4.69) is 41.6 Å². The molecule has 6 nitrogen and oxygen atoms in total. The summed E-state index contributed by atoms with van der Waals surface area (Å²) in [4.78, 5) is 27.8. The van der Waals surface area contributed by atoms with Crippen LogP contribution in [0.5, 0.6) is 0 Å². The predicted octanol–water partition coefficient (Wildman–Crippen LogP) is 5.26. The van der Waals surface area contributed by atoms with Gasteiger partial charge in [0.2, 0.25) is 0 Å². The van der Waals surface area contributed by atoms with Gasteiger partial charge >= 0.3 is 6.03 Å². The van der Waals surface area contributed by atoms with Gasteiger partial charge in [-0.1, -0.05) is 39.0 Å². The first kappa shape index (κ1) is 22.7. The van der Waals surface area contributed by atoms with E-state index in [1.807, 2.05) is 43.3 Å². The minimum Gasteiger partial charge on any atom is -0.371 e. The van der Waals surface area contributed by atoms with Gasteiger partial charge in [-0.25, -0.2) is 4.79 Å². The van der Waals surface area contributed by atoms with E-state index in [4.69, 9.17) is 0 Å². The van der Waals surface area contributed by atoms with Gasteiger partial charge in [0, 0.05) is 36.7 Å². The molecule has 1 heterocycles. The highest BCUT2D eigenvalue weighted by Crippen LogP contribution is 2.29. The van der Waals surface area contributed by atoms with Crippen molar-refractivity contribution in [3.05, 3.63) is 53.6 Å². The smallest absolute Gasteiger partial charge is 0.323 e. The molecule has 0 atom stereocenters. The number of carbonyl (C=O) groups excluding carboxylic acids is 2. The number of hydrogen-bond acceptors (Lipinski definition) is 3. The maximum atomic E-state index is 13.0. The average Bonchev–Trinajstić information content (AvgIpc) is 2.74. The lowest BCUT2D eigenvalue weighted by molar-refractivity contribution is 0.0949. The van der Waals surface area contributed by atoms with Crippen LogP contribution in [0.15, 0.2) is 42.5 Å². The number of piperidine rings is 1. The molecular formula is C25H34N4O2. The second kappa shape index (κ2) is 10.3. The summed E-state index contributed by atoms with van der Waals surface area (Å²) < 4.78 is 0. The molecule has 0 radical (unpaired) electrons. The van der Waals surface area contributed by atoms with Gasteiger partial charge in [0.05, 0.1) is 5.56 Å². The number of aryl methyl sites for hydroxylation is 1. The summed E-state index contributed by atoms with van der Waals surface area (Å²) >= 11 is 0. The van der Waals surface area contributed by atoms with Crippen molar-refractivity contribution in [2.45, 2.75) is 40.5 Å². The number of anilines is 3. The lowest BCUT2D eigenvalue weighted by atomic mass is 9.97. The number of para-hydroxylation sites is 1. The van der Waals surface area contributed by atoms with Crippen LogP contribution in [0.25, 0.3) is 0 Å². The molecule has 1 aliphatic heterocycles. The zero-order valence-electron chi connectivity index (χ0n) is 19.0. The van der Waals surface area contributed by atoms with Gasteiger partial charge in [-0.3, -0.25) is 4.79 Å². The zero-order valence-corrected chi connectivity index (χ0v) is 19.0. The number of carbonyl (C=O) groups is 2.